The number of aryl methyl sites for hydroxylation is 1. The number of ether oxygens (including phenoxy) is 1. The van der Waals surface area contributed by atoms with Crippen LogP contribution in [0.15, 0.2) is 62.6 Å². The van der Waals surface area contributed by atoms with Gasteiger partial charge in [-0.3, -0.25) is 10.1 Å². The van der Waals surface area contributed by atoms with Gasteiger partial charge in [0.1, 0.15) is 16.5 Å². The molecule has 0 saturated heterocycles. The highest BCUT2D eigenvalue weighted by molar-refractivity contribution is 8.12. The largest absolute Gasteiger partial charge is 0.442 e. The van der Waals surface area contributed by atoms with E-state index in [-0.39, 0.29) is 27.2 Å². The number of nitrogen functional groups attached to an aromatic ring is 1. The third-order valence-electron chi connectivity index (χ3n) is 4.86. The lowest BCUT2D eigenvalue weighted by atomic mass is 9.98. The molecule has 0 saturated carbocycles. The number of carbonyl (C=O) groups is 1. The van der Waals surface area contributed by atoms with Gasteiger partial charge in [-0.1, -0.05) is 12.1 Å². The van der Waals surface area contributed by atoms with E-state index < -0.39 is 26.5 Å². The van der Waals surface area contributed by atoms with Crippen LogP contribution in [0, 0.1) is 17.0 Å². The fourth-order valence-electron chi connectivity index (χ4n) is 3.32. The molecule has 1 amide bonds. The van der Waals surface area contributed by atoms with Gasteiger partial charge in [-0.05, 0) is 57.0 Å². The van der Waals surface area contributed by atoms with Gasteiger partial charge in [0.2, 0.25) is 0 Å². The summed E-state index contributed by atoms with van der Waals surface area (Å²) in [6.07, 6.45) is -0.807. The fourth-order valence-corrected chi connectivity index (χ4v) is 6.99. The van der Waals surface area contributed by atoms with Gasteiger partial charge in [-0.25, -0.2) is 13.2 Å². The number of nitrogens with two attached hydrogens (primary N) is 2. The Hall–Kier alpha value is -3.42. The monoisotopic (exact) mass is 562 g/mol. The van der Waals surface area contributed by atoms with Gasteiger partial charge in [0.25, 0.3) is 5.69 Å². The molecule has 196 valence electrons. The predicted molar refractivity (Wildman–Crippen MR) is 147 cm³/mol. The fraction of sp³-hybridized carbons (Fsp3) is 0.250. The summed E-state index contributed by atoms with van der Waals surface area (Å²) in [5, 5.41) is 12.6. The number of nitro groups is 1. The molecule has 0 aliphatic rings. The highest BCUT2D eigenvalue weighted by Gasteiger charge is 2.20. The molecule has 0 radical (unpaired) electrons. The highest BCUT2D eigenvalue weighted by Crippen LogP contribution is 2.35. The number of hydrogen-bond donors (Lipinski definition) is 2. The minimum atomic E-state index is -3.70. The van der Waals surface area contributed by atoms with Crippen LogP contribution < -0.4 is 11.5 Å². The maximum absolute atomic E-state index is 13.1. The van der Waals surface area contributed by atoms with Crippen molar-refractivity contribution in [1.29, 1.82) is 0 Å². The second-order valence-corrected chi connectivity index (χ2v) is 13.3. The Labute approximate surface area is 222 Å². The number of amides is 1. The average Bonchev–Trinajstić information content (AvgIpc) is 3.25. The molecule has 2 aromatic carbocycles. The second-order valence-electron chi connectivity index (χ2n) is 9.01. The van der Waals surface area contributed by atoms with Crippen molar-refractivity contribution in [2.24, 2.45) is 10.7 Å². The summed E-state index contributed by atoms with van der Waals surface area (Å²) in [5.41, 5.74) is 13.0. The highest BCUT2D eigenvalue weighted by atomic mass is 32.3. The zero-order chi connectivity index (χ0) is 27.5. The van der Waals surface area contributed by atoms with E-state index in [1.54, 1.807) is 51.3 Å². The van der Waals surface area contributed by atoms with Crippen LogP contribution in [0.25, 0.3) is 11.1 Å². The summed E-state index contributed by atoms with van der Waals surface area (Å²) < 4.78 is 31.3. The van der Waals surface area contributed by atoms with Gasteiger partial charge in [0.05, 0.1) is 14.7 Å². The molecule has 0 aliphatic heterocycles. The number of carbonyl (C=O) groups excluding carboxylic acids is 1. The number of benzene rings is 2. The number of nitro benzene ring substituents is 1. The number of thioether (sulfide) groups is 1. The number of nitrogens with zero attached hydrogens (tertiary/aromatic N) is 2. The Morgan fingerprint density at radius 2 is 1.92 bits per heavy atom. The van der Waals surface area contributed by atoms with E-state index in [2.05, 4.69) is 4.99 Å². The number of rotatable bonds is 7. The first-order valence-corrected chi connectivity index (χ1v) is 14.3. The van der Waals surface area contributed by atoms with Crippen LogP contribution in [0.4, 0.5) is 16.2 Å². The molecule has 1 aromatic heterocycles. The van der Waals surface area contributed by atoms with Gasteiger partial charge in [-0.15, -0.1) is 23.1 Å². The van der Waals surface area contributed by atoms with E-state index in [1.165, 1.54) is 35.6 Å². The van der Waals surface area contributed by atoms with Crippen molar-refractivity contribution < 1.29 is 22.9 Å². The molecule has 10 nitrogen and oxygen atoms in total. The third kappa shape index (κ3) is 7.31. The Morgan fingerprint density at radius 3 is 2.54 bits per heavy atom. The Kier molecular flexibility index (Phi) is 8.30. The lowest BCUT2D eigenvalue weighted by Gasteiger charge is -2.17. The van der Waals surface area contributed by atoms with Crippen molar-refractivity contribution in [2.75, 3.05) is 10.8 Å². The second kappa shape index (κ2) is 10.9. The molecule has 13 heteroatoms. The number of thiophene rings is 1. The first-order chi connectivity index (χ1) is 17.2. The number of sulfone groups is 1. The molecule has 0 bridgehead atoms. The van der Waals surface area contributed by atoms with E-state index in [4.69, 9.17) is 16.2 Å². The van der Waals surface area contributed by atoms with Crippen molar-refractivity contribution in [1.82, 2.24) is 0 Å². The lowest BCUT2D eigenvalue weighted by Crippen LogP contribution is -2.24. The standard InChI is InChI=1S/C24H26N4O6S3/c1-14-8-16(28(30)31)10-19(25)21(14)15-6-5-7-18(9-15)37(32,33)13-36-17-11-20(35-12-17)22(26)27-23(29)34-24(2,3)4/h5-12H,13,25H2,1-4H3,(H2,26,27,29). The Balaban J connectivity index is 1.77. The SMILES string of the molecule is Cc1cc([N+](=O)[O-])cc(N)c1-c1cccc(S(=O)(=O)CSc2csc(C(N)=NC(=O)OC(C)(C)C)c2)c1. The van der Waals surface area contributed by atoms with Crippen LogP contribution in [0.2, 0.25) is 0 Å². The Bertz CT molecular complexity index is 1470. The van der Waals surface area contributed by atoms with Gasteiger partial charge >= 0.3 is 6.09 Å². The van der Waals surface area contributed by atoms with Crippen molar-refractivity contribution in [2.45, 2.75) is 43.1 Å². The zero-order valence-electron chi connectivity index (χ0n) is 20.5. The molecular formula is C24H26N4O6S3. The van der Waals surface area contributed by atoms with Crippen molar-refractivity contribution in [3.8, 4) is 11.1 Å². The summed E-state index contributed by atoms with van der Waals surface area (Å²) >= 11 is 2.33. The molecule has 1 heterocycles. The topological polar surface area (TPSA) is 168 Å². The van der Waals surface area contributed by atoms with Crippen molar-refractivity contribution in [3.05, 3.63) is 68.4 Å². The number of anilines is 1. The minimum Gasteiger partial charge on any atom is -0.442 e. The van der Waals surface area contributed by atoms with Crippen LogP contribution >= 0.6 is 23.1 Å². The van der Waals surface area contributed by atoms with E-state index in [0.717, 1.165) is 11.8 Å². The van der Waals surface area contributed by atoms with Crippen LogP contribution in [0.5, 0.6) is 0 Å². The molecule has 0 spiro atoms. The first-order valence-electron chi connectivity index (χ1n) is 10.8. The average molecular weight is 563 g/mol. The lowest BCUT2D eigenvalue weighted by molar-refractivity contribution is -0.384. The molecule has 3 rings (SSSR count). The summed E-state index contributed by atoms with van der Waals surface area (Å²) in [5.74, 6) is -0.0160. The maximum Gasteiger partial charge on any atom is 0.436 e. The first kappa shape index (κ1) is 28.2. The van der Waals surface area contributed by atoms with Gasteiger partial charge in [0.15, 0.2) is 9.84 Å². The van der Waals surface area contributed by atoms with Crippen LogP contribution in [-0.4, -0.2) is 36.0 Å². The molecular weight excluding hydrogens is 536 g/mol. The smallest absolute Gasteiger partial charge is 0.436 e. The molecule has 4 N–H and O–H groups in total. The van der Waals surface area contributed by atoms with Crippen molar-refractivity contribution >= 4 is 56.2 Å². The van der Waals surface area contributed by atoms with Crippen LogP contribution in [0.1, 0.15) is 31.2 Å². The third-order valence-corrected chi connectivity index (χ3v) is 9.21. The van der Waals surface area contributed by atoms with Gasteiger partial charge < -0.3 is 16.2 Å². The summed E-state index contributed by atoms with van der Waals surface area (Å²) in [6.45, 7) is 6.83. The van der Waals surface area contributed by atoms with Crippen molar-refractivity contribution in [3.63, 3.8) is 0 Å². The molecule has 0 aliphatic carbocycles. The minimum absolute atomic E-state index is 0.0160. The van der Waals surface area contributed by atoms with E-state index in [1.807, 2.05) is 0 Å². The summed E-state index contributed by atoms with van der Waals surface area (Å²) in [4.78, 5) is 27.4. The molecule has 3 aromatic rings. The molecule has 0 unspecified atom stereocenters. The van der Waals surface area contributed by atoms with Gasteiger partial charge in [-0.2, -0.15) is 4.99 Å². The molecule has 37 heavy (non-hydrogen) atoms. The quantitative estimate of drug-likeness (QED) is 0.0959. The maximum atomic E-state index is 13.1. The predicted octanol–water partition coefficient (Wildman–Crippen LogP) is 5.38. The number of aliphatic imine (C=N–C) groups is 1. The van der Waals surface area contributed by atoms with Crippen LogP contribution in [-0.2, 0) is 14.6 Å². The normalized spacial score (nSPS) is 12.4. The zero-order valence-corrected chi connectivity index (χ0v) is 23.0. The number of non-ortho nitro benzene ring substituents is 1. The molecule has 0 atom stereocenters. The Morgan fingerprint density at radius 1 is 1.22 bits per heavy atom. The number of amidine groups is 1. The van der Waals surface area contributed by atoms with E-state index in [9.17, 15) is 23.3 Å². The summed E-state index contributed by atoms with van der Waals surface area (Å²) in [7, 11) is -3.70. The van der Waals surface area contributed by atoms with Crippen LogP contribution in [0.3, 0.4) is 0 Å². The van der Waals surface area contributed by atoms with Gasteiger partial charge in [0, 0.05) is 33.7 Å². The van der Waals surface area contributed by atoms with E-state index >= 15 is 0 Å². The van der Waals surface area contributed by atoms with E-state index in [0.29, 0.717) is 26.5 Å². The molecule has 0 fully saturated rings. The summed E-state index contributed by atoms with van der Waals surface area (Å²) in [6, 6.07) is 10.6. The number of hydrogen-bond acceptors (Lipinski definition) is 9.